The van der Waals surface area contributed by atoms with Gasteiger partial charge in [-0.3, -0.25) is 0 Å². The maximum absolute atomic E-state index is 5.82. The Morgan fingerprint density at radius 1 is 1.64 bits per heavy atom. The lowest BCUT2D eigenvalue weighted by Gasteiger charge is -2.17. The van der Waals surface area contributed by atoms with Gasteiger partial charge in [-0.15, -0.1) is 11.6 Å². The van der Waals surface area contributed by atoms with E-state index in [4.69, 9.17) is 21.1 Å². The molecule has 1 fully saturated rings. The number of alkyl halides is 1. The van der Waals surface area contributed by atoms with Gasteiger partial charge in [0, 0.05) is 5.38 Å². The van der Waals surface area contributed by atoms with E-state index >= 15 is 0 Å². The lowest BCUT2D eigenvalue weighted by atomic mass is 10.2. The maximum atomic E-state index is 5.82. The van der Waals surface area contributed by atoms with E-state index in [-0.39, 0.29) is 11.5 Å². The molecular weight excluding hydrogens is 164 g/mol. The van der Waals surface area contributed by atoms with Crippen LogP contribution in [0.1, 0.15) is 27.2 Å². The van der Waals surface area contributed by atoms with Gasteiger partial charge in [-0.25, -0.2) is 0 Å². The summed E-state index contributed by atoms with van der Waals surface area (Å²) in [6, 6.07) is 0. The number of hydrogen-bond acceptors (Lipinski definition) is 2. The molecule has 0 aromatic carbocycles. The molecule has 0 bridgehead atoms. The molecule has 2 nitrogen and oxygen atoms in total. The summed E-state index contributed by atoms with van der Waals surface area (Å²) < 4.78 is 10.9. The van der Waals surface area contributed by atoms with Crippen molar-refractivity contribution in [1.82, 2.24) is 0 Å². The van der Waals surface area contributed by atoms with Gasteiger partial charge in [-0.1, -0.05) is 0 Å². The fourth-order valence-electron chi connectivity index (χ4n) is 1.24. The minimum absolute atomic E-state index is 0.164. The van der Waals surface area contributed by atoms with Gasteiger partial charge in [-0.2, -0.15) is 0 Å². The smallest absolute Gasteiger partial charge is 0.163 e. The Hall–Kier alpha value is 0.210. The second kappa shape index (κ2) is 3.30. The van der Waals surface area contributed by atoms with Gasteiger partial charge in [-0.05, 0) is 27.2 Å². The van der Waals surface area contributed by atoms with Crippen LogP contribution in [0.25, 0.3) is 0 Å². The fourth-order valence-corrected chi connectivity index (χ4v) is 1.44. The van der Waals surface area contributed by atoms with Crippen LogP contribution in [0.5, 0.6) is 0 Å². The lowest BCUT2D eigenvalue weighted by molar-refractivity contribution is -0.138. The van der Waals surface area contributed by atoms with E-state index < -0.39 is 5.79 Å². The highest BCUT2D eigenvalue weighted by Crippen LogP contribution is 2.25. The van der Waals surface area contributed by atoms with Crippen LogP contribution in [-0.4, -0.2) is 23.9 Å². The third-order valence-corrected chi connectivity index (χ3v) is 1.83. The molecule has 0 spiro atoms. The molecule has 0 aromatic rings. The summed E-state index contributed by atoms with van der Waals surface area (Å²) in [6.45, 7) is 6.48. The molecule has 0 saturated carbocycles. The van der Waals surface area contributed by atoms with Crippen LogP contribution in [0.15, 0.2) is 0 Å². The third kappa shape index (κ3) is 2.97. The first kappa shape index (κ1) is 9.30. The predicted molar refractivity (Wildman–Crippen MR) is 44.8 cm³/mol. The first-order valence-corrected chi connectivity index (χ1v) is 4.39. The average Bonchev–Trinajstić information content (AvgIpc) is 2.08. The molecule has 1 saturated heterocycles. The van der Waals surface area contributed by atoms with Crippen molar-refractivity contribution >= 4 is 11.6 Å². The van der Waals surface area contributed by atoms with Crippen LogP contribution in [0, 0.1) is 0 Å². The Bertz CT molecular complexity index is 134. The van der Waals surface area contributed by atoms with Crippen LogP contribution < -0.4 is 0 Å². The molecule has 0 aromatic heterocycles. The summed E-state index contributed by atoms with van der Waals surface area (Å²) in [4.78, 5) is 0. The zero-order valence-corrected chi connectivity index (χ0v) is 8.02. The predicted octanol–water partition coefficient (Wildman–Crippen LogP) is 2.16. The Balaban J connectivity index is 2.31. The normalized spacial score (nSPS) is 32.2. The van der Waals surface area contributed by atoms with E-state index in [0.717, 1.165) is 6.42 Å². The van der Waals surface area contributed by atoms with E-state index in [1.165, 1.54) is 0 Å². The zero-order valence-electron chi connectivity index (χ0n) is 7.26. The molecule has 1 aliphatic heterocycles. The Labute approximate surface area is 72.8 Å². The van der Waals surface area contributed by atoms with E-state index in [1.54, 1.807) is 0 Å². The van der Waals surface area contributed by atoms with Crippen LogP contribution in [0.3, 0.4) is 0 Å². The molecule has 1 aliphatic rings. The Kier molecular flexibility index (Phi) is 2.79. The fraction of sp³-hybridized carbons (Fsp3) is 1.00. The minimum atomic E-state index is -0.406. The molecule has 3 heteroatoms. The van der Waals surface area contributed by atoms with Crippen molar-refractivity contribution in [1.29, 1.82) is 0 Å². The largest absolute Gasteiger partial charge is 0.348 e. The molecule has 0 aliphatic carbocycles. The summed E-state index contributed by atoms with van der Waals surface area (Å²) in [5, 5.41) is 0.164. The molecule has 2 atom stereocenters. The van der Waals surface area contributed by atoms with Crippen molar-refractivity contribution in [3.8, 4) is 0 Å². The average molecular weight is 179 g/mol. The summed E-state index contributed by atoms with van der Waals surface area (Å²) in [5.41, 5.74) is 0. The van der Waals surface area contributed by atoms with E-state index in [9.17, 15) is 0 Å². The van der Waals surface area contributed by atoms with Gasteiger partial charge in [0.2, 0.25) is 0 Å². The topological polar surface area (TPSA) is 18.5 Å². The van der Waals surface area contributed by atoms with Crippen molar-refractivity contribution in [2.24, 2.45) is 0 Å². The first-order chi connectivity index (χ1) is 4.99. The van der Waals surface area contributed by atoms with E-state index in [0.29, 0.717) is 6.61 Å². The quantitative estimate of drug-likeness (QED) is 0.604. The van der Waals surface area contributed by atoms with Crippen molar-refractivity contribution in [3.05, 3.63) is 0 Å². The highest BCUT2D eigenvalue weighted by atomic mass is 35.5. The summed E-state index contributed by atoms with van der Waals surface area (Å²) in [7, 11) is 0. The van der Waals surface area contributed by atoms with Crippen molar-refractivity contribution in [3.63, 3.8) is 0 Å². The minimum Gasteiger partial charge on any atom is -0.348 e. The Morgan fingerprint density at radius 3 is 2.64 bits per heavy atom. The SMILES string of the molecule is CC(Cl)CC1COC(C)(C)O1. The van der Waals surface area contributed by atoms with Crippen LogP contribution in [-0.2, 0) is 9.47 Å². The highest BCUT2D eigenvalue weighted by molar-refractivity contribution is 6.20. The molecule has 0 N–H and O–H groups in total. The monoisotopic (exact) mass is 178 g/mol. The molecule has 11 heavy (non-hydrogen) atoms. The van der Waals surface area contributed by atoms with Gasteiger partial charge in [0.1, 0.15) is 0 Å². The molecule has 2 unspecified atom stereocenters. The van der Waals surface area contributed by atoms with Gasteiger partial charge in [0.15, 0.2) is 5.79 Å². The van der Waals surface area contributed by atoms with Crippen molar-refractivity contribution in [2.75, 3.05) is 6.61 Å². The van der Waals surface area contributed by atoms with E-state index in [2.05, 4.69) is 0 Å². The first-order valence-electron chi connectivity index (χ1n) is 3.95. The third-order valence-electron chi connectivity index (χ3n) is 1.65. The highest BCUT2D eigenvalue weighted by Gasteiger charge is 2.32. The standard InChI is InChI=1S/C8H15ClO2/c1-6(9)4-7-5-10-8(2,3)11-7/h6-7H,4-5H2,1-3H3. The Morgan fingerprint density at radius 2 is 2.27 bits per heavy atom. The summed E-state index contributed by atoms with van der Waals surface area (Å²) in [5.74, 6) is -0.406. The molecular formula is C8H15ClO2. The second-order valence-electron chi connectivity index (χ2n) is 3.47. The number of ether oxygens (including phenoxy) is 2. The number of rotatable bonds is 2. The maximum Gasteiger partial charge on any atom is 0.163 e. The number of hydrogen-bond donors (Lipinski definition) is 0. The second-order valence-corrected chi connectivity index (χ2v) is 4.21. The lowest BCUT2D eigenvalue weighted by Crippen LogP contribution is -2.22. The van der Waals surface area contributed by atoms with Crippen LogP contribution in [0.2, 0.25) is 0 Å². The molecule has 1 rings (SSSR count). The van der Waals surface area contributed by atoms with Gasteiger partial charge in [0.25, 0.3) is 0 Å². The summed E-state index contributed by atoms with van der Waals surface area (Å²) in [6.07, 6.45) is 1.04. The molecule has 0 radical (unpaired) electrons. The van der Waals surface area contributed by atoms with E-state index in [1.807, 2.05) is 20.8 Å². The van der Waals surface area contributed by atoms with Crippen molar-refractivity contribution < 1.29 is 9.47 Å². The van der Waals surface area contributed by atoms with Gasteiger partial charge < -0.3 is 9.47 Å². The summed E-state index contributed by atoms with van der Waals surface area (Å²) >= 11 is 5.82. The van der Waals surface area contributed by atoms with Crippen molar-refractivity contribution in [2.45, 2.75) is 44.5 Å². The zero-order chi connectivity index (χ0) is 8.48. The molecule has 0 amide bonds. The van der Waals surface area contributed by atoms with Crippen LogP contribution in [0.4, 0.5) is 0 Å². The number of halogens is 1. The van der Waals surface area contributed by atoms with Gasteiger partial charge >= 0.3 is 0 Å². The van der Waals surface area contributed by atoms with Gasteiger partial charge in [0.05, 0.1) is 12.7 Å². The molecule has 66 valence electrons. The molecule has 1 heterocycles. The van der Waals surface area contributed by atoms with Crippen LogP contribution >= 0.6 is 11.6 Å².